The molecule has 5 heterocycles. The fraction of sp³-hybridized carbons (Fsp3) is 0.462. The molecule has 4 aromatic rings. The Morgan fingerprint density at radius 3 is 2.52 bits per heavy atom. The van der Waals surface area contributed by atoms with Gasteiger partial charge in [0.15, 0.2) is 11.8 Å². The Hall–Kier alpha value is -4.21. The highest BCUT2D eigenvalue weighted by molar-refractivity contribution is 5.81. The van der Waals surface area contributed by atoms with Crippen LogP contribution < -0.4 is 9.64 Å². The van der Waals surface area contributed by atoms with E-state index in [1.54, 1.807) is 0 Å². The van der Waals surface area contributed by atoms with E-state index in [-0.39, 0.29) is 11.7 Å². The molecule has 1 fully saturated rings. The standard InChI is InChI=1S/C39H48N4O5/c1-25-15-16-30-28-13-11-14-29(23-28)31-24-33-40-27(3)34(35(37(44)45-8)48-38(4,5)6)36(43(33)41-31)42-19-17-39(7,18-20-42)46-21-10-9-12-26(2)47-32(30)22-25/h9-11,13-16,22-24,26,35H,12,17-21H2,1-8H3/t26-,35-/m0/s1. The first-order chi connectivity index (χ1) is 22.8. The number of carbonyl (C=O) groups excluding carboxylic acids is 1. The fourth-order valence-corrected chi connectivity index (χ4v) is 6.57. The van der Waals surface area contributed by atoms with Gasteiger partial charge in [-0.05, 0) is 84.6 Å². The number of ether oxygens (including phenoxy) is 4. The van der Waals surface area contributed by atoms with Gasteiger partial charge in [-0.2, -0.15) is 9.61 Å². The molecule has 0 amide bonds. The minimum atomic E-state index is -0.986. The van der Waals surface area contributed by atoms with Crippen LogP contribution in [0.15, 0.2) is 60.7 Å². The second-order valence-electron chi connectivity index (χ2n) is 14.3. The SMILES string of the molecule is COC(=O)[C@@H](OC(C)(C)C)c1c(C)nc2cc3nn2c1N1CCC(C)(CC1)OCC=CC[C@H](C)Oc1cc(C)ccc1-c1cccc-3c1. The van der Waals surface area contributed by atoms with Gasteiger partial charge in [-0.3, -0.25) is 0 Å². The molecule has 0 N–H and O–H groups in total. The number of aromatic nitrogens is 3. The number of fused-ring (bicyclic) bond motifs is 7. The maximum absolute atomic E-state index is 13.4. The van der Waals surface area contributed by atoms with Crippen molar-refractivity contribution >= 4 is 17.4 Å². The number of aryl methyl sites for hydroxylation is 2. The number of piperidine rings is 1. The lowest BCUT2D eigenvalue weighted by molar-refractivity contribution is -0.164. The molecule has 3 aliphatic rings. The molecular formula is C39H48N4O5. The Balaban J connectivity index is 1.55. The average molecular weight is 653 g/mol. The van der Waals surface area contributed by atoms with Gasteiger partial charge >= 0.3 is 5.97 Å². The van der Waals surface area contributed by atoms with E-state index in [2.05, 4.69) is 80.3 Å². The number of methoxy groups -OCH3 is 1. The Kier molecular flexibility index (Phi) is 9.37. The summed E-state index contributed by atoms with van der Waals surface area (Å²) in [5.74, 6) is 1.17. The van der Waals surface area contributed by atoms with Crippen LogP contribution in [0.4, 0.5) is 5.82 Å². The zero-order valence-corrected chi connectivity index (χ0v) is 29.5. The van der Waals surface area contributed by atoms with Crippen molar-refractivity contribution in [1.29, 1.82) is 0 Å². The van der Waals surface area contributed by atoms with Gasteiger partial charge in [-0.25, -0.2) is 9.78 Å². The van der Waals surface area contributed by atoms with Gasteiger partial charge in [0.25, 0.3) is 0 Å². The van der Waals surface area contributed by atoms with Crippen LogP contribution >= 0.6 is 0 Å². The molecule has 0 radical (unpaired) electrons. The number of hydrogen-bond acceptors (Lipinski definition) is 8. The molecule has 2 aromatic carbocycles. The van der Waals surface area contributed by atoms with Gasteiger partial charge in [0, 0.05) is 42.4 Å². The van der Waals surface area contributed by atoms with E-state index < -0.39 is 17.7 Å². The van der Waals surface area contributed by atoms with E-state index in [0.717, 1.165) is 58.8 Å². The van der Waals surface area contributed by atoms with Crippen LogP contribution in [-0.4, -0.2) is 64.7 Å². The molecule has 2 atom stereocenters. The molecule has 0 spiro atoms. The number of nitrogens with zero attached hydrogens (tertiary/aromatic N) is 4. The van der Waals surface area contributed by atoms with Crippen molar-refractivity contribution < 1.29 is 23.7 Å². The number of hydrogen-bond donors (Lipinski definition) is 0. The highest BCUT2D eigenvalue weighted by Crippen LogP contribution is 2.40. The molecule has 3 aliphatic heterocycles. The topological polar surface area (TPSA) is 87.4 Å². The van der Waals surface area contributed by atoms with Crippen molar-refractivity contribution in [3.63, 3.8) is 0 Å². The Bertz CT molecular complexity index is 1830. The van der Waals surface area contributed by atoms with E-state index in [1.807, 2.05) is 38.3 Å². The third kappa shape index (κ3) is 7.12. The highest BCUT2D eigenvalue weighted by atomic mass is 16.6. The van der Waals surface area contributed by atoms with Crippen molar-refractivity contribution in [2.24, 2.45) is 0 Å². The number of carbonyl (C=O) groups is 1. The summed E-state index contributed by atoms with van der Waals surface area (Å²) in [6.07, 6.45) is 5.63. The molecule has 9 heteroatoms. The van der Waals surface area contributed by atoms with E-state index in [9.17, 15) is 4.79 Å². The maximum Gasteiger partial charge on any atom is 0.339 e. The molecule has 0 aliphatic carbocycles. The Morgan fingerprint density at radius 2 is 1.79 bits per heavy atom. The predicted octanol–water partition coefficient (Wildman–Crippen LogP) is 7.81. The van der Waals surface area contributed by atoms with Crippen LogP contribution in [0.3, 0.4) is 0 Å². The van der Waals surface area contributed by atoms with E-state index in [1.165, 1.54) is 7.11 Å². The molecule has 2 aromatic heterocycles. The normalized spacial score (nSPS) is 20.8. The number of benzene rings is 2. The first kappa shape index (κ1) is 33.7. The van der Waals surface area contributed by atoms with Gasteiger partial charge < -0.3 is 23.8 Å². The Labute approximate surface area is 283 Å². The lowest BCUT2D eigenvalue weighted by atomic mass is 9.92. The highest BCUT2D eigenvalue weighted by Gasteiger charge is 2.38. The summed E-state index contributed by atoms with van der Waals surface area (Å²) in [5, 5.41) is 5.17. The lowest BCUT2D eigenvalue weighted by Crippen LogP contribution is -2.45. The van der Waals surface area contributed by atoms with Crippen LogP contribution in [0, 0.1) is 13.8 Å². The predicted molar refractivity (Wildman–Crippen MR) is 189 cm³/mol. The molecule has 6 bridgehead atoms. The van der Waals surface area contributed by atoms with Gasteiger partial charge in [0.2, 0.25) is 0 Å². The zero-order valence-electron chi connectivity index (χ0n) is 29.5. The molecule has 1 saturated heterocycles. The van der Waals surface area contributed by atoms with Gasteiger partial charge in [-0.1, -0.05) is 42.5 Å². The molecule has 0 unspecified atom stereocenters. The smallest absolute Gasteiger partial charge is 0.339 e. The molecular weight excluding hydrogens is 604 g/mol. The van der Waals surface area contributed by atoms with Crippen LogP contribution in [-0.2, 0) is 19.0 Å². The van der Waals surface area contributed by atoms with E-state index in [0.29, 0.717) is 36.6 Å². The monoisotopic (exact) mass is 652 g/mol. The lowest BCUT2D eigenvalue weighted by Gasteiger charge is -2.41. The summed E-state index contributed by atoms with van der Waals surface area (Å²) in [6.45, 7) is 16.1. The average Bonchev–Trinajstić information content (AvgIpc) is 3.46. The van der Waals surface area contributed by atoms with Crippen LogP contribution in [0.1, 0.15) is 76.8 Å². The quantitative estimate of drug-likeness (QED) is 0.164. The summed E-state index contributed by atoms with van der Waals surface area (Å²) in [4.78, 5) is 20.7. The first-order valence-electron chi connectivity index (χ1n) is 16.9. The van der Waals surface area contributed by atoms with Gasteiger partial charge in [0.1, 0.15) is 11.6 Å². The van der Waals surface area contributed by atoms with Crippen LogP contribution in [0.2, 0.25) is 0 Å². The van der Waals surface area contributed by atoms with Gasteiger partial charge in [-0.15, -0.1) is 0 Å². The van der Waals surface area contributed by atoms with Crippen molar-refractivity contribution in [1.82, 2.24) is 14.6 Å². The maximum atomic E-state index is 13.4. The van der Waals surface area contributed by atoms with E-state index in [4.69, 9.17) is 29.0 Å². The molecule has 7 rings (SSSR count). The molecule has 9 nitrogen and oxygen atoms in total. The molecule has 254 valence electrons. The van der Waals surface area contributed by atoms with Gasteiger partial charge in [0.05, 0.1) is 42.3 Å². The molecule has 0 saturated carbocycles. The van der Waals surface area contributed by atoms with Crippen molar-refractivity contribution in [3.05, 3.63) is 77.5 Å². The summed E-state index contributed by atoms with van der Waals surface area (Å²) in [7, 11) is 1.39. The minimum absolute atomic E-state index is 0.00847. The Morgan fingerprint density at radius 1 is 1.04 bits per heavy atom. The van der Waals surface area contributed by atoms with Crippen LogP contribution in [0.5, 0.6) is 5.75 Å². The number of rotatable bonds is 3. The van der Waals surface area contributed by atoms with E-state index >= 15 is 0 Å². The number of esters is 1. The van der Waals surface area contributed by atoms with Crippen LogP contribution in [0.25, 0.3) is 28.0 Å². The molecule has 48 heavy (non-hydrogen) atoms. The number of anilines is 1. The summed E-state index contributed by atoms with van der Waals surface area (Å²) in [5.41, 5.74) is 6.08. The fourth-order valence-electron chi connectivity index (χ4n) is 6.57. The van der Waals surface area contributed by atoms with Crippen molar-refractivity contribution in [2.75, 3.05) is 31.7 Å². The summed E-state index contributed by atoms with van der Waals surface area (Å²) >= 11 is 0. The van der Waals surface area contributed by atoms with Crippen molar-refractivity contribution in [3.8, 4) is 28.1 Å². The first-order valence-corrected chi connectivity index (χ1v) is 16.9. The van der Waals surface area contributed by atoms with Crippen molar-refractivity contribution in [2.45, 2.75) is 91.1 Å². The summed E-state index contributed by atoms with van der Waals surface area (Å²) < 4.78 is 26.6. The summed E-state index contributed by atoms with van der Waals surface area (Å²) in [6, 6.07) is 16.7. The second kappa shape index (κ2) is 13.4. The second-order valence-corrected chi connectivity index (χ2v) is 14.3. The minimum Gasteiger partial charge on any atom is -0.490 e. The third-order valence-electron chi connectivity index (χ3n) is 9.17. The third-order valence-corrected chi connectivity index (χ3v) is 9.17. The zero-order chi connectivity index (χ0) is 34.2. The largest absolute Gasteiger partial charge is 0.490 e.